The van der Waals surface area contributed by atoms with Gasteiger partial charge in [0.2, 0.25) is 0 Å². The van der Waals surface area contributed by atoms with Gasteiger partial charge < -0.3 is 5.32 Å². The number of rotatable bonds is 2. The number of hydrogen-bond donors (Lipinski definition) is 1. The van der Waals surface area contributed by atoms with Crippen LogP contribution in [-0.2, 0) is 0 Å². The third kappa shape index (κ3) is 1.09. The van der Waals surface area contributed by atoms with Gasteiger partial charge in [-0.2, -0.15) is 0 Å². The molecule has 0 unspecified atom stereocenters. The quantitative estimate of drug-likeness (QED) is 0.690. The van der Waals surface area contributed by atoms with Gasteiger partial charge >= 0.3 is 0 Å². The van der Waals surface area contributed by atoms with Crippen molar-refractivity contribution in [2.75, 3.05) is 6.54 Å². The molecule has 0 aromatic carbocycles. The van der Waals surface area contributed by atoms with Crippen molar-refractivity contribution in [1.82, 2.24) is 5.32 Å². The molecule has 2 aliphatic carbocycles. The van der Waals surface area contributed by atoms with Gasteiger partial charge in [-0.25, -0.2) is 0 Å². The predicted molar refractivity (Wildman–Crippen MR) is 56.7 cm³/mol. The predicted octanol–water partition coefficient (Wildman–Crippen LogP) is 2.81. The summed E-state index contributed by atoms with van der Waals surface area (Å²) in [6.45, 7) is 10.7. The number of nitrogens with one attached hydrogen (secondary N) is 1. The molecule has 0 saturated heterocycles. The molecule has 1 nitrogen and oxygen atoms in total. The van der Waals surface area contributed by atoms with Gasteiger partial charge in [0.1, 0.15) is 0 Å². The molecular formula is C12H23N. The lowest BCUT2D eigenvalue weighted by atomic mass is 9.67. The van der Waals surface area contributed by atoms with Crippen molar-refractivity contribution in [2.45, 2.75) is 52.5 Å². The third-order valence-corrected chi connectivity index (χ3v) is 5.08. The maximum absolute atomic E-state index is 3.75. The Morgan fingerprint density at radius 2 is 2.08 bits per heavy atom. The normalized spacial score (nSPS) is 47.1. The Balaban J connectivity index is 2.24. The van der Waals surface area contributed by atoms with Crippen molar-refractivity contribution in [3.63, 3.8) is 0 Å². The first-order chi connectivity index (χ1) is 6.03. The van der Waals surface area contributed by atoms with Crippen molar-refractivity contribution >= 4 is 0 Å². The molecule has 76 valence electrons. The Bertz CT molecular complexity index is 209. The summed E-state index contributed by atoms with van der Waals surface area (Å²) in [7, 11) is 0. The summed E-state index contributed by atoms with van der Waals surface area (Å²) in [4.78, 5) is 0. The van der Waals surface area contributed by atoms with Crippen LogP contribution in [0.4, 0.5) is 0 Å². The number of hydrogen-bond acceptors (Lipinski definition) is 1. The molecule has 1 N–H and O–H groups in total. The standard InChI is InChI=1S/C12H23N/c1-5-13-12-7-6-10(8-12)11(3,4)9(12)2/h9-10,13H,5-8H2,1-4H3/t9-,10-,12-/m1/s1. The second kappa shape index (κ2) is 2.73. The molecule has 2 aliphatic rings. The van der Waals surface area contributed by atoms with Crippen LogP contribution in [0.2, 0.25) is 0 Å². The second-order valence-corrected chi connectivity index (χ2v) is 5.67. The van der Waals surface area contributed by atoms with E-state index in [1.54, 1.807) is 0 Å². The summed E-state index contributed by atoms with van der Waals surface area (Å²) in [5.41, 5.74) is 1.07. The lowest BCUT2D eigenvalue weighted by molar-refractivity contribution is 0.105. The van der Waals surface area contributed by atoms with Gasteiger partial charge in [0.15, 0.2) is 0 Å². The summed E-state index contributed by atoms with van der Waals surface area (Å²) in [5, 5.41) is 3.75. The summed E-state index contributed by atoms with van der Waals surface area (Å²) < 4.78 is 0. The topological polar surface area (TPSA) is 12.0 Å². The van der Waals surface area contributed by atoms with E-state index in [1.165, 1.54) is 19.3 Å². The molecule has 2 saturated carbocycles. The van der Waals surface area contributed by atoms with Crippen molar-refractivity contribution in [2.24, 2.45) is 17.3 Å². The highest BCUT2D eigenvalue weighted by Gasteiger charge is 2.58. The first kappa shape index (κ1) is 9.51. The number of fused-ring (bicyclic) bond motifs is 2. The Hall–Kier alpha value is -0.0400. The Morgan fingerprint density at radius 3 is 2.54 bits per heavy atom. The summed E-state index contributed by atoms with van der Waals surface area (Å²) >= 11 is 0. The van der Waals surface area contributed by atoms with E-state index in [0.29, 0.717) is 11.0 Å². The first-order valence-electron chi connectivity index (χ1n) is 5.78. The Labute approximate surface area is 82.3 Å². The zero-order chi connectivity index (χ0) is 9.69. The molecule has 2 rings (SSSR count). The maximum Gasteiger partial charge on any atom is 0.0215 e. The van der Waals surface area contributed by atoms with Gasteiger partial charge in [0.25, 0.3) is 0 Å². The largest absolute Gasteiger partial charge is 0.311 e. The molecule has 2 bridgehead atoms. The molecule has 0 aliphatic heterocycles. The van der Waals surface area contributed by atoms with Crippen molar-refractivity contribution < 1.29 is 0 Å². The highest BCUT2D eigenvalue weighted by molar-refractivity contribution is 5.13. The van der Waals surface area contributed by atoms with Gasteiger partial charge in [-0.05, 0) is 43.1 Å². The van der Waals surface area contributed by atoms with Crippen LogP contribution in [-0.4, -0.2) is 12.1 Å². The van der Waals surface area contributed by atoms with E-state index >= 15 is 0 Å². The molecule has 1 heteroatoms. The van der Waals surface area contributed by atoms with E-state index in [9.17, 15) is 0 Å². The fourth-order valence-corrected chi connectivity index (χ4v) is 3.84. The maximum atomic E-state index is 3.75. The Morgan fingerprint density at radius 1 is 1.38 bits per heavy atom. The van der Waals surface area contributed by atoms with Gasteiger partial charge in [0.05, 0.1) is 0 Å². The summed E-state index contributed by atoms with van der Waals surface area (Å²) in [6, 6.07) is 0. The average molecular weight is 181 g/mol. The SMILES string of the molecule is CCN[C@]12CC[C@H](C1)C(C)(C)[C@H]2C. The summed E-state index contributed by atoms with van der Waals surface area (Å²) in [6.07, 6.45) is 4.29. The van der Waals surface area contributed by atoms with E-state index in [2.05, 4.69) is 33.0 Å². The average Bonchev–Trinajstić information content (AvgIpc) is 2.55. The minimum atomic E-state index is 0.503. The molecule has 0 amide bonds. The molecular weight excluding hydrogens is 158 g/mol. The van der Waals surface area contributed by atoms with Gasteiger partial charge in [-0.1, -0.05) is 27.7 Å². The highest BCUT2D eigenvalue weighted by Crippen LogP contribution is 2.61. The van der Waals surface area contributed by atoms with Gasteiger partial charge in [-0.15, -0.1) is 0 Å². The van der Waals surface area contributed by atoms with Crippen LogP contribution in [0.3, 0.4) is 0 Å². The van der Waals surface area contributed by atoms with Crippen LogP contribution < -0.4 is 5.32 Å². The van der Waals surface area contributed by atoms with Gasteiger partial charge in [-0.3, -0.25) is 0 Å². The van der Waals surface area contributed by atoms with Crippen LogP contribution in [0.5, 0.6) is 0 Å². The zero-order valence-corrected chi connectivity index (χ0v) is 9.48. The molecule has 0 aromatic heterocycles. The van der Waals surface area contributed by atoms with Crippen molar-refractivity contribution in [3.05, 3.63) is 0 Å². The first-order valence-corrected chi connectivity index (χ1v) is 5.78. The van der Waals surface area contributed by atoms with Crippen LogP contribution in [0, 0.1) is 17.3 Å². The smallest absolute Gasteiger partial charge is 0.0215 e. The molecule has 0 aromatic rings. The van der Waals surface area contributed by atoms with Crippen LogP contribution in [0.15, 0.2) is 0 Å². The van der Waals surface area contributed by atoms with E-state index in [1.807, 2.05) is 0 Å². The molecule has 0 spiro atoms. The van der Waals surface area contributed by atoms with E-state index < -0.39 is 0 Å². The lowest BCUT2D eigenvalue weighted by Gasteiger charge is -2.42. The molecule has 13 heavy (non-hydrogen) atoms. The molecule has 0 heterocycles. The van der Waals surface area contributed by atoms with Gasteiger partial charge in [0, 0.05) is 5.54 Å². The minimum absolute atomic E-state index is 0.503. The minimum Gasteiger partial charge on any atom is -0.311 e. The van der Waals surface area contributed by atoms with Crippen LogP contribution in [0.25, 0.3) is 0 Å². The van der Waals surface area contributed by atoms with Crippen molar-refractivity contribution in [3.8, 4) is 0 Å². The van der Waals surface area contributed by atoms with E-state index in [4.69, 9.17) is 0 Å². The third-order valence-electron chi connectivity index (χ3n) is 5.08. The molecule has 0 radical (unpaired) electrons. The zero-order valence-electron chi connectivity index (χ0n) is 9.48. The fraction of sp³-hybridized carbons (Fsp3) is 1.00. The lowest BCUT2D eigenvalue weighted by Crippen LogP contribution is -2.49. The molecule has 2 fully saturated rings. The molecule has 3 atom stereocenters. The summed E-state index contributed by atoms with van der Waals surface area (Å²) in [5.74, 6) is 1.82. The monoisotopic (exact) mass is 181 g/mol. The van der Waals surface area contributed by atoms with E-state index in [0.717, 1.165) is 18.4 Å². The van der Waals surface area contributed by atoms with Crippen LogP contribution >= 0.6 is 0 Å². The Kier molecular flexibility index (Phi) is 1.99. The second-order valence-electron chi connectivity index (χ2n) is 5.67. The van der Waals surface area contributed by atoms with E-state index in [-0.39, 0.29) is 0 Å². The van der Waals surface area contributed by atoms with Crippen molar-refractivity contribution in [1.29, 1.82) is 0 Å². The highest BCUT2D eigenvalue weighted by atomic mass is 15.0. The van der Waals surface area contributed by atoms with Crippen LogP contribution in [0.1, 0.15) is 47.0 Å². The fourth-order valence-electron chi connectivity index (χ4n) is 3.84.